The van der Waals surface area contributed by atoms with Gasteiger partial charge in [0.2, 0.25) is 8.24 Å². The lowest BCUT2D eigenvalue weighted by Gasteiger charge is -2.45. The molecule has 0 bridgehead atoms. The minimum atomic E-state index is -2.53. The predicted molar refractivity (Wildman–Crippen MR) is 139 cm³/mol. The normalized spacial score (nSPS) is 16.0. The van der Waals surface area contributed by atoms with E-state index in [0.29, 0.717) is 0 Å². The summed E-state index contributed by atoms with van der Waals surface area (Å²) in [4.78, 5) is 4.29. The highest BCUT2D eigenvalue weighted by atomic mass is 28.3. The third kappa shape index (κ3) is 4.81. The molecule has 1 aliphatic rings. The highest BCUT2D eigenvalue weighted by Gasteiger charge is 2.50. The summed E-state index contributed by atoms with van der Waals surface area (Å²) in [5, 5.41) is 4.47. The van der Waals surface area contributed by atoms with E-state index in [-0.39, 0.29) is 16.4 Å². The molecule has 166 valence electrons. The van der Waals surface area contributed by atoms with Crippen LogP contribution in [0.15, 0.2) is 83.1 Å². The zero-order chi connectivity index (χ0) is 23.1. The van der Waals surface area contributed by atoms with Crippen LogP contribution in [0.5, 0.6) is 0 Å². The summed E-state index contributed by atoms with van der Waals surface area (Å²) in [5.41, 5.74) is 3.28. The van der Waals surface area contributed by atoms with Gasteiger partial charge in [0, 0.05) is 5.54 Å². The lowest BCUT2D eigenvalue weighted by molar-refractivity contribution is 0.486. The Kier molecular flexibility index (Phi) is 6.30. The average Bonchev–Trinajstić information content (AvgIpc) is 3.13. The van der Waals surface area contributed by atoms with E-state index in [2.05, 4.69) is 134 Å². The second-order valence-corrected chi connectivity index (χ2v) is 15.4. The van der Waals surface area contributed by atoms with Gasteiger partial charge in [-0.25, -0.2) is 0 Å². The van der Waals surface area contributed by atoms with Crippen molar-refractivity contribution in [1.82, 2.24) is 4.98 Å². The van der Waals surface area contributed by atoms with Crippen molar-refractivity contribution < 1.29 is 0 Å². The van der Waals surface area contributed by atoms with Crippen LogP contribution in [0.1, 0.15) is 68.7 Å². The topological polar surface area (TPSA) is 12.0 Å². The monoisotopic (exact) mass is 431 g/mol. The maximum Gasteiger partial charge on any atom is 0.222 e. The summed E-state index contributed by atoms with van der Waals surface area (Å²) in [6.07, 6.45) is 3.57. The van der Waals surface area contributed by atoms with Crippen molar-refractivity contribution in [3.63, 3.8) is 0 Å². The van der Waals surface area contributed by atoms with E-state index < -0.39 is 8.24 Å². The molecule has 0 unspecified atom stereocenters. The largest absolute Gasteiger partial charge is 0.322 e. The average molecular weight is 432 g/mol. The van der Waals surface area contributed by atoms with Crippen LogP contribution in [-0.4, -0.2) is 13.8 Å². The first kappa shape index (κ1) is 23.8. The van der Waals surface area contributed by atoms with Crippen molar-refractivity contribution >= 4 is 18.6 Å². The van der Waals surface area contributed by atoms with Gasteiger partial charge in [-0.3, -0.25) is 0 Å². The first-order valence-corrected chi connectivity index (χ1v) is 13.6. The van der Waals surface area contributed by atoms with Crippen molar-refractivity contribution in [2.45, 2.75) is 74.3 Å². The van der Waals surface area contributed by atoms with Crippen LogP contribution in [0, 0.1) is 10.8 Å². The van der Waals surface area contributed by atoms with E-state index in [4.69, 9.17) is 0 Å². The molecule has 31 heavy (non-hydrogen) atoms. The third-order valence-electron chi connectivity index (χ3n) is 6.15. The second-order valence-electron chi connectivity index (χ2n) is 12.0. The molecule has 1 nitrogen and oxygen atoms in total. The quantitative estimate of drug-likeness (QED) is 0.553. The van der Waals surface area contributed by atoms with Gasteiger partial charge >= 0.3 is 0 Å². The molecule has 1 N–H and O–H groups in total. The van der Waals surface area contributed by atoms with Gasteiger partial charge in [0.15, 0.2) is 0 Å². The van der Waals surface area contributed by atoms with E-state index in [1.807, 2.05) is 0 Å². The molecule has 0 aromatic heterocycles. The smallest absolute Gasteiger partial charge is 0.222 e. The minimum absolute atomic E-state index is 0.0283. The fraction of sp³-hybridized carbons (Fsp3) is 0.448. The molecule has 1 aliphatic carbocycles. The maximum absolute atomic E-state index is 4.29. The predicted octanol–water partition coefficient (Wildman–Crippen LogP) is 6.39. The fourth-order valence-corrected chi connectivity index (χ4v) is 10.6. The molecule has 2 aromatic rings. The van der Waals surface area contributed by atoms with E-state index >= 15 is 0 Å². The molecule has 0 spiro atoms. The number of allylic oxidation sites excluding steroid dienone is 4. The molecular formula is C29H41NSi. The first-order chi connectivity index (χ1) is 14.3. The summed E-state index contributed by atoms with van der Waals surface area (Å²) < 4.78 is 0. The Balaban J connectivity index is 2.51. The summed E-state index contributed by atoms with van der Waals surface area (Å²) in [6.45, 7) is 21.2. The Morgan fingerprint density at radius 3 is 1.45 bits per heavy atom. The summed E-state index contributed by atoms with van der Waals surface area (Å²) >= 11 is 0. The molecule has 0 saturated carbocycles. The lowest BCUT2D eigenvalue weighted by atomic mass is 9.83. The number of hydrogen-bond donors (Lipinski definition) is 1. The van der Waals surface area contributed by atoms with Crippen molar-refractivity contribution in [1.29, 1.82) is 0 Å². The number of benzene rings is 2. The molecule has 0 atom stereocenters. The van der Waals surface area contributed by atoms with Gasteiger partial charge in [0.1, 0.15) is 0 Å². The summed E-state index contributed by atoms with van der Waals surface area (Å²) in [7, 11) is -2.53. The fourth-order valence-electron chi connectivity index (χ4n) is 4.96. The number of nitrogens with one attached hydrogen (secondary N) is 1. The standard InChI is InChI=1S/C29H41NSi/c1-27(2,3)24-20-21-25(28(4,5)6)26(24)31(30-29(7,8)9,22-16-12-10-13-17-22)23-18-14-11-15-19-23/h10-20,30H,21H2,1-9H3. The van der Waals surface area contributed by atoms with Crippen LogP contribution >= 0.6 is 0 Å². The number of rotatable bonds is 4. The second kappa shape index (κ2) is 8.22. The zero-order valence-electron chi connectivity index (χ0n) is 21.1. The van der Waals surface area contributed by atoms with Crippen molar-refractivity contribution in [2.75, 3.05) is 0 Å². The Morgan fingerprint density at radius 2 is 1.10 bits per heavy atom. The van der Waals surface area contributed by atoms with Crippen LogP contribution in [0.4, 0.5) is 0 Å². The Hall–Kier alpha value is -1.90. The minimum Gasteiger partial charge on any atom is -0.322 e. The highest BCUT2D eigenvalue weighted by molar-refractivity contribution is 7.06. The third-order valence-corrected chi connectivity index (χ3v) is 11.0. The van der Waals surface area contributed by atoms with Gasteiger partial charge < -0.3 is 4.98 Å². The first-order valence-electron chi connectivity index (χ1n) is 11.6. The Bertz CT molecular complexity index is 922. The van der Waals surface area contributed by atoms with Gasteiger partial charge in [0.25, 0.3) is 0 Å². The van der Waals surface area contributed by atoms with E-state index in [9.17, 15) is 0 Å². The van der Waals surface area contributed by atoms with Gasteiger partial charge in [-0.05, 0) is 59.2 Å². The van der Waals surface area contributed by atoms with Gasteiger partial charge in [-0.1, -0.05) is 114 Å². The zero-order valence-corrected chi connectivity index (χ0v) is 22.1. The van der Waals surface area contributed by atoms with E-state index in [1.165, 1.54) is 15.9 Å². The van der Waals surface area contributed by atoms with Gasteiger partial charge in [-0.2, -0.15) is 0 Å². The molecule has 2 aromatic carbocycles. The molecule has 0 amide bonds. The van der Waals surface area contributed by atoms with Crippen molar-refractivity contribution in [3.8, 4) is 0 Å². The summed E-state index contributed by atoms with van der Waals surface area (Å²) in [5.74, 6) is 0. The summed E-state index contributed by atoms with van der Waals surface area (Å²) in [6, 6.07) is 22.5. The molecule has 0 saturated heterocycles. The molecule has 3 rings (SSSR count). The van der Waals surface area contributed by atoms with Crippen LogP contribution in [0.3, 0.4) is 0 Å². The molecule has 0 radical (unpaired) electrons. The number of hydrogen-bond acceptors (Lipinski definition) is 1. The van der Waals surface area contributed by atoms with Gasteiger partial charge in [0.05, 0.1) is 0 Å². The Morgan fingerprint density at radius 1 is 0.645 bits per heavy atom. The van der Waals surface area contributed by atoms with E-state index in [1.54, 1.807) is 10.8 Å². The molecule has 0 aliphatic heterocycles. The molecular weight excluding hydrogens is 390 g/mol. The SMILES string of the molecule is CC(C)(C)N[Si](C1=C(C(C)(C)C)CC=C1C(C)(C)C)(c1ccccc1)c1ccccc1. The maximum atomic E-state index is 4.29. The molecule has 2 heteroatoms. The van der Waals surface area contributed by atoms with Crippen LogP contribution in [0.25, 0.3) is 0 Å². The highest BCUT2D eigenvalue weighted by Crippen LogP contribution is 2.47. The van der Waals surface area contributed by atoms with Gasteiger partial charge in [-0.15, -0.1) is 0 Å². The molecule has 0 heterocycles. The lowest BCUT2D eigenvalue weighted by Crippen LogP contribution is -2.74. The van der Waals surface area contributed by atoms with Crippen LogP contribution < -0.4 is 15.4 Å². The van der Waals surface area contributed by atoms with Crippen LogP contribution in [-0.2, 0) is 0 Å². The Labute approximate surface area is 191 Å². The van der Waals surface area contributed by atoms with Crippen molar-refractivity contribution in [2.24, 2.45) is 10.8 Å². The van der Waals surface area contributed by atoms with Crippen LogP contribution in [0.2, 0.25) is 0 Å². The molecule has 0 fully saturated rings. The van der Waals surface area contributed by atoms with E-state index in [0.717, 1.165) is 6.42 Å². The van der Waals surface area contributed by atoms with Crippen molar-refractivity contribution in [3.05, 3.63) is 83.1 Å².